The van der Waals surface area contributed by atoms with Gasteiger partial charge in [0.15, 0.2) is 5.78 Å². The molecule has 0 aromatic heterocycles. The summed E-state index contributed by atoms with van der Waals surface area (Å²) in [7, 11) is 0. The number of ketones is 1. The Morgan fingerprint density at radius 3 is 2.82 bits per heavy atom. The van der Waals surface area contributed by atoms with Crippen molar-refractivity contribution < 1.29 is 9.53 Å². The lowest BCUT2D eigenvalue weighted by Crippen LogP contribution is -2.40. The second-order valence-electron chi connectivity index (χ2n) is 5.30. The van der Waals surface area contributed by atoms with Gasteiger partial charge in [-0.2, -0.15) is 0 Å². The third kappa shape index (κ3) is 3.97. The van der Waals surface area contributed by atoms with Gasteiger partial charge in [0.1, 0.15) is 6.23 Å². The van der Waals surface area contributed by atoms with Crippen LogP contribution < -0.4 is 5.84 Å². The third-order valence-corrected chi connectivity index (χ3v) is 3.90. The summed E-state index contributed by atoms with van der Waals surface area (Å²) in [5.41, 5.74) is 2.05. The quantitative estimate of drug-likeness (QED) is 0.388. The number of Topliss-reactive ketones (excluding diaryl/α,β-unsaturated/α-hetero) is 1. The van der Waals surface area contributed by atoms with Crippen LogP contribution in [0.1, 0.15) is 42.1 Å². The molecule has 1 fully saturated rings. The number of halogens is 1. The number of hydrazine groups is 1. The average Bonchev–Trinajstić information content (AvgIpc) is 2.52. The van der Waals surface area contributed by atoms with E-state index in [0.717, 1.165) is 30.4 Å². The van der Waals surface area contributed by atoms with Crippen LogP contribution in [0.4, 0.5) is 0 Å². The normalized spacial score (nSPS) is 18.9. The van der Waals surface area contributed by atoms with Gasteiger partial charge < -0.3 is 4.74 Å². The number of nitrogens with zero attached hydrogens (tertiary/aromatic N) is 1. The molecule has 0 spiro atoms. The van der Waals surface area contributed by atoms with Gasteiger partial charge >= 0.3 is 0 Å². The Balaban J connectivity index is 2.34. The number of benzene rings is 1. The number of carbonyl (C=O) groups excluding carboxylic acids is 1. The molecule has 2 rings (SSSR count). The molecule has 118 valence electrons. The van der Waals surface area contributed by atoms with E-state index >= 15 is 0 Å². The van der Waals surface area contributed by atoms with E-state index in [0.29, 0.717) is 17.2 Å². The average molecular weight is 321 g/mol. The second-order valence-corrected chi connectivity index (χ2v) is 5.74. The summed E-state index contributed by atoms with van der Waals surface area (Å²) in [5.74, 6) is 6.06. The predicted octanol–water partition coefficient (Wildman–Crippen LogP) is 3.77. The molecular weight excluding hydrogens is 300 g/mol. The molecule has 1 atom stereocenters. The number of rotatable bonds is 5. The SMILES string of the molecule is C=C/C(=C\N(N)C1CCCCO1)c1cc(Cl)ccc1C(C)=O. The molecule has 1 heterocycles. The van der Waals surface area contributed by atoms with Crippen molar-refractivity contribution in [2.24, 2.45) is 5.84 Å². The summed E-state index contributed by atoms with van der Waals surface area (Å²) in [6.45, 7) is 6.06. The van der Waals surface area contributed by atoms with Crippen LogP contribution in [0.3, 0.4) is 0 Å². The lowest BCUT2D eigenvalue weighted by molar-refractivity contribution is -0.0660. The molecule has 1 unspecified atom stereocenters. The van der Waals surface area contributed by atoms with Gasteiger partial charge in [0.25, 0.3) is 0 Å². The van der Waals surface area contributed by atoms with E-state index in [1.807, 2.05) is 0 Å². The maximum atomic E-state index is 11.8. The van der Waals surface area contributed by atoms with Gasteiger partial charge in [0, 0.05) is 23.4 Å². The number of nitrogens with two attached hydrogens (primary N) is 1. The summed E-state index contributed by atoms with van der Waals surface area (Å²) in [5, 5.41) is 2.10. The van der Waals surface area contributed by atoms with Crippen LogP contribution in [0.2, 0.25) is 5.02 Å². The van der Waals surface area contributed by atoms with Crippen molar-refractivity contribution in [3.05, 3.63) is 53.2 Å². The highest BCUT2D eigenvalue weighted by molar-refractivity contribution is 6.31. The Labute approximate surface area is 136 Å². The van der Waals surface area contributed by atoms with Crippen molar-refractivity contribution in [1.82, 2.24) is 5.01 Å². The molecule has 1 aliphatic rings. The van der Waals surface area contributed by atoms with Crippen molar-refractivity contribution in [3.8, 4) is 0 Å². The number of carbonyl (C=O) groups is 1. The molecule has 0 saturated carbocycles. The van der Waals surface area contributed by atoms with Crippen LogP contribution in [-0.4, -0.2) is 23.6 Å². The van der Waals surface area contributed by atoms with E-state index < -0.39 is 0 Å². The van der Waals surface area contributed by atoms with Gasteiger partial charge in [-0.05, 0) is 55.5 Å². The van der Waals surface area contributed by atoms with Crippen molar-refractivity contribution >= 4 is 23.0 Å². The topological polar surface area (TPSA) is 55.6 Å². The minimum absolute atomic E-state index is 0.0306. The summed E-state index contributed by atoms with van der Waals surface area (Å²) >= 11 is 6.07. The molecule has 0 radical (unpaired) electrons. The Bertz CT molecular complexity index is 592. The fourth-order valence-corrected chi connectivity index (χ4v) is 2.67. The molecule has 4 nitrogen and oxygen atoms in total. The Kier molecular flexibility index (Phi) is 5.77. The highest BCUT2D eigenvalue weighted by Gasteiger charge is 2.18. The van der Waals surface area contributed by atoms with Gasteiger partial charge in [-0.3, -0.25) is 9.80 Å². The summed E-state index contributed by atoms with van der Waals surface area (Å²) in [4.78, 5) is 11.8. The molecular formula is C17H21ClN2O2. The maximum absolute atomic E-state index is 11.8. The van der Waals surface area contributed by atoms with E-state index in [9.17, 15) is 4.79 Å². The summed E-state index contributed by atoms with van der Waals surface area (Å²) < 4.78 is 5.65. The number of ether oxygens (including phenoxy) is 1. The molecule has 0 aliphatic carbocycles. The molecule has 1 aromatic carbocycles. The molecule has 1 saturated heterocycles. The van der Waals surface area contributed by atoms with Crippen molar-refractivity contribution in [2.75, 3.05) is 6.61 Å². The zero-order valence-corrected chi connectivity index (χ0v) is 13.5. The molecule has 1 aliphatic heterocycles. The van der Waals surface area contributed by atoms with E-state index in [2.05, 4.69) is 6.58 Å². The van der Waals surface area contributed by atoms with Crippen molar-refractivity contribution in [2.45, 2.75) is 32.4 Å². The molecule has 0 bridgehead atoms. The van der Waals surface area contributed by atoms with Crippen LogP contribution in [0.5, 0.6) is 0 Å². The number of allylic oxidation sites excluding steroid dienone is 2. The van der Waals surface area contributed by atoms with Crippen LogP contribution in [0, 0.1) is 0 Å². The van der Waals surface area contributed by atoms with Crippen LogP contribution >= 0.6 is 11.6 Å². The third-order valence-electron chi connectivity index (χ3n) is 3.67. The monoisotopic (exact) mass is 320 g/mol. The molecule has 2 N–H and O–H groups in total. The zero-order valence-electron chi connectivity index (χ0n) is 12.7. The summed E-state index contributed by atoms with van der Waals surface area (Å²) in [6.07, 6.45) is 6.30. The first kappa shape index (κ1) is 16.7. The van der Waals surface area contributed by atoms with Gasteiger partial charge in [-0.25, -0.2) is 5.84 Å². The van der Waals surface area contributed by atoms with E-state index in [-0.39, 0.29) is 12.0 Å². The molecule has 22 heavy (non-hydrogen) atoms. The summed E-state index contributed by atoms with van der Waals surface area (Å²) in [6, 6.07) is 5.17. The first-order valence-corrected chi connectivity index (χ1v) is 7.70. The van der Waals surface area contributed by atoms with Crippen molar-refractivity contribution in [3.63, 3.8) is 0 Å². The fourth-order valence-electron chi connectivity index (χ4n) is 2.50. The smallest absolute Gasteiger partial charge is 0.160 e. The van der Waals surface area contributed by atoms with Crippen molar-refractivity contribution in [1.29, 1.82) is 0 Å². The van der Waals surface area contributed by atoms with E-state index in [1.165, 1.54) is 6.92 Å². The Morgan fingerprint density at radius 1 is 1.45 bits per heavy atom. The zero-order chi connectivity index (χ0) is 16.1. The number of hydrogen-bond donors (Lipinski definition) is 1. The standard InChI is InChI=1S/C17H21ClN2O2/c1-3-13(11-20(19)17-6-4-5-9-22-17)16-10-14(18)7-8-15(16)12(2)21/h3,7-8,10-11,17H,1,4-6,9,19H2,2H3/b13-11+. The highest BCUT2D eigenvalue weighted by Crippen LogP contribution is 2.26. The predicted molar refractivity (Wildman–Crippen MR) is 89.2 cm³/mol. The van der Waals surface area contributed by atoms with Crippen LogP contribution in [-0.2, 0) is 4.74 Å². The van der Waals surface area contributed by atoms with Gasteiger partial charge in [-0.15, -0.1) is 0 Å². The Hall–Kier alpha value is -1.62. The van der Waals surface area contributed by atoms with Crippen LogP contribution in [0.15, 0.2) is 37.1 Å². The van der Waals surface area contributed by atoms with Gasteiger partial charge in [0.2, 0.25) is 0 Å². The highest BCUT2D eigenvalue weighted by atomic mass is 35.5. The molecule has 5 heteroatoms. The van der Waals surface area contributed by atoms with E-state index in [1.54, 1.807) is 35.5 Å². The van der Waals surface area contributed by atoms with Crippen LogP contribution in [0.25, 0.3) is 5.57 Å². The van der Waals surface area contributed by atoms with E-state index in [4.69, 9.17) is 22.2 Å². The minimum Gasteiger partial charge on any atom is -0.357 e. The fraction of sp³-hybridized carbons (Fsp3) is 0.353. The van der Waals surface area contributed by atoms with Gasteiger partial charge in [0.05, 0.1) is 0 Å². The Morgan fingerprint density at radius 2 is 2.23 bits per heavy atom. The second kappa shape index (κ2) is 7.58. The number of hydrogen-bond acceptors (Lipinski definition) is 4. The van der Waals surface area contributed by atoms with Gasteiger partial charge in [-0.1, -0.05) is 24.3 Å². The minimum atomic E-state index is -0.149. The first-order valence-electron chi connectivity index (χ1n) is 7.32. The largest absolute Gasteiger partial charge is 0.357 e. The lowest BCUT2D eigenvalue weighted by Gasteiger charge is -2.30. The maximum Gasteiger partial charge on any atom is 0.160 e. The lowest BCUT2D eigenvalue weighted by atomic mass is 9.98. The first-order chi connectivity index (χ1) is 10.5. The molecule has 0 amide bonds. The molecule has 1 aromatic rings.